The third-order valence-electron chi connectivity index (χ3n) is 4.10. The van der Waals surface area contributed by atoms with Crippen molar-refractivity contribution in [2.24, 2.45) is 0 Å². The van der Waals surface area contributed by atoms with E-state index in [1.165, 1.54) is 0 Å². The Morgan fingerprint density at radius 3 is 2.68 bits per heavy atom. The second-order valence-electron chi connectivity index (χ2n) is 6.00. The van der Waals surface area contributed by atoms with Crippen molar-refractivity contribution < 1.29 is 14.3 Å². The number of pyridine rings is 1. The molecule has 2 N–H and O–H groups in total. The summed E-state index contributed by atoms with van der Waals surface area (Å²) < 4.78 is 6.05. The maximum Gasteiger partial charge on any atom is 0.405 e. The highest BCUT2D eigenvalue weighted by Crippen LogP contribution is 2.29. The summed E-state index contributed by atoms with van der Waals surface area (Å²) in [5.41, 5.74) is 2.74. The van der Waals surface area contributed by atoms with Crippen LogP contribution in [-0.4, -0.2) is 16.2 Å². The lowest BCUT2D eigenvalue weighted by Crippen LogP contribution is -2.25. The number of rotatable bonds is 3. The SMILES string of the molecule is Cc1cc(C(C)NC(=O)O)c2oc(-c3ccccn3)c(C)c(=O)c2c1. The van der Waals surface area contributed by atoms with Crippen molar-refractivity contribution in [1.29, 1.82) is 0 Å². The van der Waals surface area contributed by atoms with Crippen LogP contribution in [0.1, 0.15) is 29.7 Å². The van der Waals surface area contributed by atoms with Gasteiger partial charge in [0.1, 0.15) is 11.3 Å². The smallest absolute Gasteiger partial charge is 0.405 e. The average molecular weight is 338 g/mol. The van der Waals surface area contributed by atoms with Crippen molar-refractivity contribution in [3.05, 3.63) is 63.4 Å². The standard InChI is InChI=1S/C19H18N2O4/c1-10-8-13(12(3)21-19(23)24)18-14(9-10)16(22)11(2)17(25-18)15-6-4-5-7-20-15/h4-9,12,21H,1-3H3,(H,23,24). The third-order valence-corrected chi connectivity index (χ3v) is 4.10. The first-order valence-electron chi connectivity index (χ1n) is 7.87. The van der Waals surface area contributed by atoms with Gasteiger partial charge in [-0.15, -0.1) is 0 Å². The fraction of sp³-hybridized carbons (Fsp3) is 0.211. The quantitative estimate of drug-likeness (QED) is 0.758. The topological polar surface area (TPSA) is 92.4 Å². The molecule has 3 rings (SSSR count). The predicted molar refractivity (Wildman–Crippen MR) is 94.8 cm³/mol. The zero-order valence-electron chi connectivity index (χ0n) is 14.2. The lowest BCUT2D eigenvalue weighted by atomic mass is 10.00. The van der Waals surface area contributed by atoms with Gasteiger partial charge in [0.2, 0.25) is 0 Å². The van der Waals surface area contributed by atoms with E-state index in [0.717, 1.165) is 5.56 Å². The molecule has 1 atom stereocenters. The van der Waals surface area contributed by atoms with Crippen molar-refractivity contribution in [3.63, 3.8) is 0 Å². The Labute approximate surface area is 144 Å². The fourth-order valence-corrected chi connectivity index (χ4v) is 2.89. The molecule has 0 saturated carbocycles. The number of carboxylic acid groups (broad SMARTS) is 1. The maximum atomic E-state index is 12.8. The summed E-state index contributed by atoms with van der Waals surface area (Å²) in [6.45, 7) is 5.27. The van der Waals surface area contributed by atoms with Gasteiger partial charge in [-0.2, -0.15) is 0 Å². The molecule has 6 nitrogen and oxygen atoms in total. The molecule has 0 aliphatic rings. The molecular weight excluding hydrogens is 320 g/mol. The molecule has 128 valence electrons. The van der Waals surface area contributed by atoms with Gasteiger partial charge in [0.05, 0.1) is 11.4 Å². The van der Waals surface area contributed by atoms with E-state index in [1.54, 1.807) is 38.2 Å². The number of nitrogens with one attached hydrogen (secondary N) is 1. The molecule has 25 heavy (non-hydrogen) atoms. The lowest BCUT2D eigenvalue weighted by molar-refractivity contribution is 0.191. The minimum Gasteiger partial charge on any atom is -0.465 e. The largest absolute Gasteiger partial charge is 0.465 e. The van der Waals surface area contributed by atoms with E-state index in [2.05, 4.69) is 10.3 Å². The van der Waals surface area contributed by atoms with Crippen LogP contribution < -0.4 is 10.7 Å². The third kappa shape index (κ3) is 3.10. The lowest BCUT2D eigenvalue weighted by Gasteiger charge is -2.16. The second kappa shape index (κ2) is 6.39. The summed E-state index contributed by atoms with van der Waals surface area (Å²) in [4.78, 5) is 28.1. The Morgan fingerprint density at radius 2 is 2.04 bits per heavy atom. The van der Waals surface area contributed by atoms with E-state index in [-0.39, 0.29) is 5.43 Å². The molecule has 2 heterocycles. The number of hydrogen-bond donors (Lipinski definition) is 2. The highest BCUT2D eigenvalue weighted by molar-refractivity contribution is 5.84. The van der Waals surface area contributed by atoms with E-state index in [0.29, 0.717) is 33.6 Å². The molecule has 1 aromatic carbocycles. The van der Waals surface area contributed by atoms with Gasteiger partial charge in [0.15, 0.2) is 11.2 Å². The van der Waals surface area contributed by atoms with Gasteiger partial charge in [-0.1, -0.05) is 12.1 Å². The molecule has 0 saturated heterocycles. The maximum absolute atomic E-state index is 12.8. The van der Waals surface area contributed by atoms with Crippen LogP contribution in [0, 0.1) is 13.8 Å². The number of aryl methyl sites for hydroxylation is 1. The molecule has 3 aromatic rings. The Balaban J connectivity index is 2.33. The first-order valence-corrected chi connectivity index (χ1v) is 7.87. The Hall–Kier alpha value is -3.15. The molecule has 0 bridgehead atoms. The molecule has 2 aromatic heterocycles. The Morgan fingerprint density at radius 1 is 1.28 bits per heavy atom. The van der Waals surface area contributed by atoms with E-state index in [4.69, 9.17) is 9.52 Å². The van der Waals surface area contributed by atoms with E-state index in [9.17, 15) is 9.59 Å². The summed E-state index contributed by atoms with van der Waals surface area (Å²) >= 11 is 0. The van der Waals surface area contributed by atoms with Gasteiger partial charge < -0.3 is 14.8 Å². The fourth-order valence-electron chi connectivity index (χ4n) is 2.89. The monoisotopic (exact) mass is 338 g/mol. The average Bonchev–Trinajstić information content (AvgIpc) is 2.58. The molecule has 6 heteroatoms. The van der Waals surface area contributed by atoms with Crippen molar-refractivity contribution in [3.8, 4) is 11.5 Å². The van der Waals surface area contributed by atoms with Crippen LogP contribution in [0.2, 0.25) is 0 Å². The minimum absolute atomic E-state index is 0.144. The van der Waals surface area contributed by atoms with Gasteiger partial charge in [0, 0.05) is 17.3 Å². The van der Waals surface area contributed by atoms with Gasteiger partial charge in [-0.05, 0) is 44.5 Å². The molecule has 0 spiro atoms. The summed E-state index contributed by atoms with van der Waals surface area (Å²) in [6.07, 6.45) is 0.491. The molecule has 0 aliphatic carbocycles. The Kier molecular flexibility index (Phi) is 4.27. The predicted octanol–water partition coefficient (Wildman–Crippen LogP) is 3.80. The van der Waals surface area contributed by atoms with E-state index >= 15 is 0 Å². The first-order chi connectivity index (χ1) is 11.9. The van der Waals surface area contributed by atoms with Crippen LogP contribution >= 0.6 is 0 Å². The number of aromatic nitrogens is 1. The van der Waals surface area contributed by atoms with Crippen LogP contribution in [-0.2, 0) is 0 Å². The number of fused-ring (bicyclic) bond motifs is 1. The summed E-state index contributed by atoms with van der Waals surface area (Å²) in [5, 5.41) is 11.9. The number of amides is 1. The number of nitrogens with zero attached hydrogens (tertiary/aromatic N) is 1. The van der Waals surface area contributed by atoms with Gasteiger partial charge in [0.25, 0.3) is 0 Å². The number of benzene rings is 1. The van der Waals surface area contributed by atoms with Gasteiger partial charge in [-0.3, -0.25) is 9.78 Å². The van der Waals surface area contributed by atoms with Crippen LogP contribution in [0.4, 0.5) is 4.79 Å². The van der Waals surface area contributed by atoms with Crippen LogP contribution in [0.15, 0.2) is 45.7 Å². The molecular formula is C19H18N2O4. The van der Waals surface area contributed by atoms with Crippen molar-refractivity contribution in [1.82, 2.24) is 10.3 Å². The van der Waals surface area contributed by atoms with E-state index < -0.39 is 12.1 Å². The van der Waals surface area contributed by atoms with Crippen LogP contribution in [0.25, 0.3) is 22.4 Å². The van der Waals surface area contributed by atoms with Crippen molar-refractivity contribution >= 4 is 17.1 Å². The molecule has 1 amide bonds. The highest BCUT2D eigenvalue weighted by atomic mass is 16.4. The van der Waals surface area contributed by atoms with Crippen molar-refractivity contribution in [2.45, 2.75) is 26.8 Å². The summed E-state index contributed by atoms with van der Waals surface area (Å²) in [5.74, 6) is 0.394. The number of hydrogen-bond acceptors (Lipinski definition) is 4. The molecule has 0 fully saturated rings. The zero-order valence-corrected chi connectivity index (χ0v) is 14.2. The minimum atomic E-state index is -1.14. The summed E-state index contributed by atoms with van der Waals surface area (Å²) in [7, 11) is 0. The van der Waals surface area contributed by atoms with Gasteiger partial charge >= 0.3 is 6.09 Å². The number of carbonyl (C=O) groups is 1. The molecule has 1 unspecified atom stereocenters. The Bertz CT molecular complexity index is 1010. The molecule has 0 aliphatic heterocycles. The first kappa shape index (κ1) is 16.7. The highest BCUT2D eigenvalue weighted by Gasteiger charge is 2.19. The second-order valence-corrected chi connectivity index (χ2v) is 6.00. The van der Waals surface area contributed by atoms with Crippen molar-refractivity contribution in [2.75, 3.05) is 0 Å². The normalized spacial score (nSPS) is 12.1. The van der Waals surface area contributed by atoms with E-state index in [1.807, 2.05) is 19.1 Å². The van der Waals surface area contributed by atoms with Crippen LogP contribution in [0.5, 0.6) is 0 Å². The van der Waals surface area contributed by atoms with Gasteiger partial charge in [-0.25, -0.2) is 4.79 Å². The van der Waals surface area contributed by atoms with Crippen LogP contribution in [0.3, 0.4) is 0 Å². The zero-order chi connectivity index (χ0) is 18.1. The summed E-state index contributed by atoms with van der Waals surface area (Å²) in [6, 6.07) is 8.42. The molecule has 0 radical (unpaired) electrons.